The van der Waals surface area contributed by atoms with E-state index < -0.39 is 0 Å². The monoisotopic (exact) mass is 272 g/mol. The van der Waals surface area contributed by atoms with Crippen molar-refractivity contribution in [2.75, 3.05) is 7.11 Å². The quantitative estimate of drug-likeness (QED) is 0.804. The molecule has 1 saturated carbocycles. The Morgan fingerprint density at radius 1 is 1.30 bits per heavy atom. The highest BCUT2D eigenvalue weighted by atomic mass is 16.5. The number of methoxy groups -OCH3 is 1. The number of hydrogen-bond donors (Lipinski definition) is 0. The largest absolute Gasteiger partial charge is 0.464 e. The first-order valence-electron chi connectivity index (χ1n) is 7.33. The number of aromatic nitrogens is 2. The van der Waals surface area contributed by atoms with Crippen molar-refractivity contribution < 1.29 is 9.53 Å². The molecule has 4 heteroatoms. The van der Waals surface area contributed by atoms with Crippen LogP contribution in [-0.4, -0.2) is 22.9 Å². The number of benzene rings is 1. The fourth-order valence-corrected chi connectivity index (χ4v) is 3.13. The molecule has 0 spiro atoms. The fourth-order valence-electron chi connectivity index (χ4n) is 3.13. The van der Waals surface area contributed by atoms with Gasteiger partial charge in [0.2, 0.25) is 0 Å². The lowest BCUT2D eigenvalue weighted by atomic mass is 9.89. The molecular formula is C16H20N2O2. The summed E-state index contributed by atoms with van der Waals surface area (Å²) >= 11 is 0. The minimum atomic E-state index is -0.358. The maximum Gasteiger partial charge on any atom is 0.359 e. The molecule has 4 nitrogen and oxygen atoms in total. The maximum absolute atomic E-state index is 11.8. The number of hydrogen-bond acceptors (Lipinski definition) is 3. The third-order valence-corrected chi connectivity index (χ3v) is 4.19. The average Bonchev–Trinajstić information content (AvgIpc) is 2.87. The third-order valence-electron chi connectivity index (χ3n) is 4.19. The van der Waals surface area contributed by atoms with E-state index in [1.165, 1.54) is 39.2 Å². The molecule has 0 unspecified atom stereocenters. The van der Waals surface area contributed by atoms with E-state index in [1.54, 1.807) is 0 Å². The van der Waals surface area contributed by atoms with E-state index in [2.05, 4.69) is 5.10 Å². The van der Waals surface area contributed by atoms with Gasteiger partial charge in [-0.1, -0.05) is 37.5 Å². The molecule has 0 aliphatic heterocycles. The van der Waals surface area contributed by atoms with Crippen molar-refractivity contribution in [1.29, 1.82) is 0 Å². The number of ether oxygens (including phenoxy) is 1. The molecule has 1 heterocycles. The van der Waals surface area contributed by atoms with Crippen LogP contribution < -0.4 is 0 Å². The van der Waals surface area contributed by atoms with Gasteiger partial charge in [0.25, 0.3) is 0 Å². The Bertz CT molecular complexity index is 612. The number of nitrogens with zero attached hydrogens (tertiary/aromatic N) is 2. The molecule has 1 aromatic carbocycles. The molecule has 1 aliphatic rings. The second-order valence-corrected chi connectivity index (χ2v) is 5.54. The van der Waals surface area contributed by atoms with Crippen LogP contribution in [0.1, 0.15) is 42.6 Å². The number of carbonyl (C=O) groups is 1. The fraction of sp³-hybridized carbons (Fsp3) is 0.500. The van der Waals surface area contributed by atoms with Crippen LogP contribution in [0.3, 0.4) is 0 Å². The van der Waals surface area contributed by atoms with Crippen molar-refractivity contribution in [2.24, 2.45) is 5.92 Å². The zero-order valence-corrected chi connectivity index (χ0v) is 11.8. The smallest absolute Gasteiger partial charge is 0.359 e. The molecule has 106 valence electrons. The standard InChI is InChI=1S/C16H20N2O2/c1-20-16(19)15-13-9-5-6-10-14(13)18(17-15)11-12-7-3-2-4-8-12/h5-6,9-10,12H,2-4,7-8,11H2,1H3. The molecule has 0 saturated heterocycles. The lowest BCUT2D eigenvalue weighted by Crippen LogP contribution is -2.15. The van der Waals surface area contributed by atoms with Crippen LogP contribution in [0.4, 0.5) is 0 Å². The van der Waals surface area contributed by atoms with Gasteiger partial charge in [-0.25, -0.2) is 4.79 Å². The predicted molar refractivity (Wildman–Crippen MR) is 77.6 cm³/mol. The van der Waals surface area contributed by atoms with Crippen LogP contribution in [0.15, 0.2) is 24.3 Å². The van der Waals surface area contributed by atoms with Crippen LogP contribution in [0.5, 0.6) is 0 Å². The first-order valence-corrected chi connectivity index (χ1v) is 7.33. The molecule has 1 aromatic heterocycles. The van der Waals surface area contributed by atoms with Gasteiger partial charge in [-0.3, -0.25) is 4.68 Å². The molecule has 0 atom stereocenters. The zero-order valence-electron chi connectivity index (χ0n) is 11.8. The van der Waals surface area contributed by atoms with Gasteiger partial charge in [0.15, 0.2) is 5.69 Å². The van der Waals surface area contributed by atoms with Gasteiger partial charge in [-0.15, -0.1) is 0 Å². The van der Waals surface area contributed by atoms with Crippen LogP contribution in [0.25, 0.3) is 10.9 Å². The van der Waals surface area contributed by atoms with Crippen molar-refractivity contribution in [3.05, 3.63) is 30.0 Å². The molecule has 0 radical (unpaired) electrons. The summed E-state index contributed by atoms with van der Waals surface area (Å²) in [4.78, 5) is 11.8. The van der Waals surface area contributed by atoms with Crippen molar-refractivity contribution in [3.8, 4) is 0 Å². The van der Waals surface area contributed by atoms with E-state index >= 15 is 0 Å². The summed E-state index contributed by atoms with van der Waals surface area (Å²) in [5.41, 5.74) is 1.46. The molecule has 1 fully saturated rings. The molecule has 0 amide bonds. The second-order valence-electron chi connectivity index (χ2n) is 5.54. The van der Waals surface area contributed by atoms with Gasteiger partial charge in [0, 0.05) is 11.9 Å². The SMILES string of the molecule is COC(=O)c1nn(CC2CCCCC2)c2ccccc12. The highest BCUT2D eigenvalue weighted by molar-refractivity contribution is 6.02. The Morgan fingerprint density at radius 3 is 2.80 bits per heavy atom. The van der Waals surface area contributed by atoms with E-state index in [1.807, 2.05) is 28.9 Å². The maximum atomic E-state index is 11.8. The molecular weight excluding hydrogens is 252 g/mol. The minimum Gasteiger partial charge on any atom is -0.464 e. The minimum absolute atomic E-state index is 0.358. The topological polar surface area (TPSA) is 44.1 Å². The normalized spacial score (nSPS) is 16.4. The average molecular weight is 272 g/mol. The summed E-state index contributed by atoms with van der Waals surface area (Å²) in [7, 11) is 1.40. The van der Waals surface area contributed by atoms with E-state index in [4.69, 9.17) is 4.74 Å². The number of carbonyl (C=O) groups excluding carboxylic acids is 1. The summed E-state index contributed by atoms with van der Waals surface area (Å²) in [5, 5.41) is 5.38. The van der Waals surface area contributed by atoms with Gasteiger partial charge in [-0.05, 0) is 24.8 Å². The Labute approximate surface area is 118 Å². The summed E-state index contributed by atoms with van der Waals surface area (Å²) in [5.74, 6) is 0.321. The number of rotatable bonds is 3. The van der Waals surface area contributed by atoms with Crippen molar-refractivity contribution >= 4 is 16.9 Å². The Kier molecular flexibility index (Phi) is 3.72. The van der Waals surface area contributed by atoms with Crippen LogP contribution in [0, 0.1) is 5.92 Å². The summed E-state index contributed by atoms with van der Waals surface area (Å²) < 4.78 is 6.82. The van der Waals surface area contributed by atoms with Crippen molar-refractivity contribution in [2.45, 2.75) is 38.6 Å². The lowest BCUT2D eigenvalue weighted by Gasteiger charge is -2.21. The molecule has 0 N–H and O–H groups in total. The molecule has 20 heavy (non-hydrogen) atoms. The summed E-state index contributed by atoms with van der Waals surface area (Å²) in [6.45, 7) is 0.900. The van der Waals surface area contributed by atoms with Gasteiger partial charge in [0.1, 0.15) is 0 Å². The Hall–Kier alpha value is -1.84. The van der Waals surface area contributed by atoms with E-state index in [0.29, 0.717) is 11.6 Å². The van der Waals surface area contributed by atoms with Gasteiger partial charge in [-0.2, -0.15) is 5.10 Å². The highest BCUT2D eigenvalue weighted by Gasteiger charge is 2.20. The third kappa shape index (κ3) is 2.42. The van der Waals surface area contributed by atoms with E-state index in [9.17, 15) is 4.79 Å². The predicted octanol–water partition coefficient (Wildman–Crippen LogP) is 3.40. The Balaban J connectivity index is 1.95. The van der Waals surface area contributed by atoms with Crippen LogP contribution in [-0.2, 0) is 11.3 Å². The van der Waals surface area contributed by atoms with Gasteiger partial charge >= 0.3 is 5.97 Å². The first-order chi connectivity index (χ1) is 9.79. The molecule has 2 aromatic rings. The first kappa shape index (κ1) is 13.2. The summed E-state index contributed by atoms with van der Waals surface area (Å²) in [6.07, 6.45) is 6.51. The van der Waals surface area contributed by atoms with E-state index in [0.717, 1.165) is 17.4 Å². The van der Waals surface area contributed by atoms with Crippen LogP contribution in [0.2, 0.25) is 0 Å². The summed E-state index contributed by atoms with van der Waals surface area (Å²) in [6, 6.07) is 7.88. The Morgan fingerprint density at radius 2 is 2.05 bits per heavy atom. The number of esters is 1. The highest BCUT2D eigenvalue weighted by Crippen LogP contribution is 2.27. The lowest BCUT2D eigenvalue weighted by molar-refractivity contribution is 0.0594. The van der Waals surface area contributed by atoms with Gasteiger partial charge in [0.05, 0.1) is 12.6 Å². The number of fused-ring (bicyclic) bond motifs is 1. The second kappa shape index (κ2) is 5.65. The molecule has 1 aliphatic carbocycles. The van der Waals surface area contributed by atoms with E-state index in [-0.39, 0.29) is 5.97 Å². The molecule has 3 rings (SSSR count). The van der Waals surface area contributed by atoms with Crippen molar-refractivity contribution in [3.63, 3.8) is 0 Å². The molecule has 0 bridgehead atoms. The van der Waals surface area contributed by atoms with Gasteiger partial charge < -0.3 is 4.74 Å². The zero-order chi connectivity index (χ0) is 13.9. The number of para-hydroxylation sites is 1. The van der Waals surface area contributed by atoms with Crippen LogP contribution >= 0.6 is 0 Å². The van der Waals surface area contributed by atoms with Crippen molar-refractivity contribution in [1.82, 2.24) is 9.78 Å².